The standard InChI is InChI=1S/C12H10F3NO3S/c1-2-18-9(17)5-7-3-4-8(6-16)11(20)10(7)19-12(13,14)15/h3-4,20H,2,5H2,1H3. The van der Waals surface area contributed by atoms with E-state index < -0.39 is 24.5 Å². The van der Waals surface area contributed by atoms with Crippen LogP contribution in [0, 0.1) is 11.3 Å². The number of esters is 1. The van der Waals surface area contributed by atoms with Gasteiger partial charge in [0.1, 0.15) is 11.8 Å². The number of hydrogen-bond acceptors (Lipinski definition) is 5. The Morgan fingerprint density at radius 1 is 1.45 bits per heavy atom. The van der Waals surface area contributed by atoms with Gasteiger partial charge in [0.2, 0.25) is 0 Å². The Bertz CT molecular complexity index is 552. The molecule has 20 heavy (non-hydrogen) atoms. The second kappa shape index (κ2) is 6.52. The van der Waals surface area contributed by atoms with E-state index >= 15 is 0 Å². The van der Waals surface area contributed by atoms with E-state index in [2.05, 4.69) is 22.1 Å². The Morgan fingerprint density at radius 3 is 2.60 bits per heavy atom. The van der Waals surface area contributed by atoms with Gasteiger partial charge in [-0.2, -0.15) is 5.26 Å². The molecule has 4 nitrogen and oxygen atoms in total. The minimum atomic E-state index is -4.95. The SMILES string of the molecule is CCOC(=O)Cc1ccc(C#N)c(S)c1OC(F)(F)F. The molecule has 0 saturated heterocycles. The van der Waals surface area contributed by atoms with E-state index in [0.29, 0.717) is 0 Å². The average Bonchev–Trinajstić information content (AvgIpc) is 2.33. The van der Waals surface area contributed by atoms with Crippen molar-refractivity contribution in [2.24, 2.45) is 0 Å². The molecule has 0 aliphatic carbocycles. The van der Waals surface area contributed by atoms with Crippen LogP contribution in [0.15, 0.2) is 17.0 Å². The molecule has 8 heteroatoms. The van der Waals surface area contributed by atoms with Crippen molar-refractivity contribution in [3.05, 3.63) is 23.3 Å². The van der Waals surface area contributed by atoms with Crippen molar-refractivity contribution in [3.8, 4) is 11.8 Å². The van der Waals surface area contributed by atoms with E-state index in [1.54, 1.807) is 13.0 Å². The third-order valence-corrected chi connectivity index (χ3v) is 2.64. The molecule has 0 atom stereocenters. The van der Waals surface area contributed by atoms with Crippen LogP contribution < -0.4 is 4.74 Å². The van der Waals surface area contributed by atoms with Crippen molar-refractivity contribution >= 4 is 18.6 Å². The molecule has 0 radical (unpaired) electrons. The summed E-state index contributed by atoms with van der Waals surface area (Å²) in [5.74, 6) is -1.36. The fourth-order valence-electron chi connectivity index (χ4n) is 1.44. The van der Waals surface area contributed by atoms with E-state index in [1.807, 2.05) is 0 Å². The molecule has 0 fully saturated rings. The van der Waals surface area contributed by atoms with Crippen LogP contribution in [0.1, 0.15) is 18.1 Å². The van der Waals surface area contributed by atoms with Crippen molar-refractivity contribution in [2.75, 3.05) is 6.61 Å². The lowest BCUT2D eigenvalue weighted by atomic mass is 10.1. The lowest BCUT2D eigenvalue weighted by Crippen LogP contribution is -2.20. The minimum Gasteiger partial charge on any atom is -0.466 e. The van der Waals surface area contributed by atoms with E-state index in [-0.39, 0.29) is 22.6 Å². The van der Waals surface area contributed by atoms with Crippen molar-refractivity contribution in [3.63, 3.8) is 0 Å². The highest BCUT2D eigenvalue weighted by Gasteiger charge is 2.33. The lowest BCUT2D eigenvalue weighted by molar-refractivity contribution is -0.275. The fourth-order valence-corrected chi connectivity index (χ4v) is 1.75. The number of alkyl halides is 3. The maximum Gasteiger partial charge on any atom is 0.573 e. The van der Waals surface area contributed by atoms with E-state index in [9.17, 15) is 18.0 Å². The van der Waals surface area contributed by atoms with Crippen LogP contribution in [0.2, 0.25) is 0 Å². The summed E-state index contributed by atoms with van der Waals surface area (Å²) in [6.07, 6.45) is -5.35. The third kappa shape index (κ3) is 4.35. The second-order valence-electron chi connectivity index (χ2n) is 3.59. The molecular weight excluding hydrogens is 295 g/mol. The lowest BCUT2D eigenvalue weighted by Gasteiger charge is -2.15. The number of thiol groups is 1. The Morgan fingerprint density at radius 2 is 2.10 bits per heavy atom. The highest BCUT2D eigenvalue weighted by Crippen LogP contribution is 2.35. The zero-order chi connectivity index (χ0) is 15.3. The number of ether oxygens (including phenoxy) is 2. The van der Waals surface area contributed by atoms with Crippen LogP contribution in [-0.2, 0) is 16.0 Å². The normalized spacial score (nSPS) is 10.8. The molecule has 1 aromatic carbocycles. The molecule has 0 unspecified atom stereocenters. The molecule has 0 aliphatic heterocycles. The first-order valence-corrected chi connectivity index (χ1v) is 5.89. The van der Waals surface area contributed by atoms with Gasteiger partial charge in [0, 0.05) is 5.56 Å². The third-order valence-electron chi connectivity index (χ3n) is 2.19. The van der Waals surface area contributed by atoms with Crippen molar-refractivity contribution in [1.82, 2.24) is 0 Å². The minimum absolute atomic E-state index is 0.0511. The van der Waals surface area contributed by atoms with Gasteiger partial charge in [0.05, 0.1) is 23.5 Å². The van der Waals surface area contributed by atoms with Crippen LogP contribution >= 0.6 is 12.6 Å². The van der Waals surface area contributed by atoms with Gasteiger partial charge in [-0.15, -0.1) is 25.8 Å². The molecule has 0 N–H and O–H groups in total. The van der Waals surface area contributed by atoms with Gasteiger partial charge >= 0.3 is 12.3 Å². The van der Waals surface area contributed by atoms with Gasteiger partial charge in [-0.05, 0) is 13.0 Å². The molecule has 0 bridgehead atoms. The van der Waals surface area contributed by atoms with Crippen LogP contribution in [0.4, 0.5) is 13.2 Å². The summed E-state index contributed by atoms with van der Waals surface area (Å²) in [5, 5.41) is 8.77. The zero-order valence-electron chi connectivity index (χ0n) is 10.3. The predicted octanol–water partition coefficient (Wildman–Crippen LogP) is 2.85. The molecule has 0 aromatic heterocycles. The Hall–Kier alpha value is -1.88. The summed E-state index contributed by atoms with van der Waals surface area (Å²) in [6.45, 7) is 1.69. The van der Waals surface area contributed by atoms with Gasteiger partial charge in [-0.3, -0.25) is 4.79 Å². The van der Waals surface area contributed by atoms with E-state index in [4.69, 9.17) is 5.26 Å². The van der Waals surface area contributed by atoms with Gasteiger partial charge < -0.3 is 9.47 Å². The highest BCUT2D eigenvalue weighted by atomic mass is 32.1. The molecule has 0 aliphatic rings. The molecule has 0 heterocycles. The molecule has 0 saturated carbocycles. The maximum absolute atomic E-state index is 12.4. The number of nitriles is 1. The largest absolute Gasteiger partial charge is 0.573 e. The van der Waals surface area contributed by atoms with Gasteiger partial charge in [0.15, 0.2) is 0 Å². The topological polar surface area (TPSA) is 59.3 Å². The van der Waals surface area contributed by atoms with Crippen LogP contribution in [0.5, 0.6) is 5.75 Å². The molecule has 0 spiro atoms. The fraction of sp³-hybridized carbons (Fsp3) is 0.333. The number of rotatable bonds is 4. The number of carbonyl (C=O) groups is 1. The number of hydrogen-bond donors (Lipinski definition) is 1. The number of benzene rings is 1. The first kappa shape index (κ1) is 16.2. The monoisotopic (exact) mass is 305 g/mol. The second-order valence-corrected chi connectivity index (χ2v) is 4.04. The first-order chi connectivity index (χ1) is 9.28. The number of carbonyl (C=O) groups excluding carboxylic acids is 1. The predicted molar refractivity (Wildman–Crippen MR) is 65.4 cm³/mol. The first-order valence-electron chi connectivity index (χ1n) is 5.44. The zero-order valence-corrected chi connectivity index (χ0v) is 11.2. The summed E-state index contributed by atoms with van der Waals surface area (Å²) in [4.78, 5) is 11.1. The van der Waals surface area contributed by atoms with E-state index in [1.165, 1.54) is 12.1 Å². The Balaban J connectivity index is 3.20. The van der Waals surface area contributed by atoms with Crippen molar-refractivity contribution in [2.45, 2.75) is 24.6 Å². The van der Waals surface area contributed by atoms with Crippen molar-refractivity contribution in [1.29, 1.82) is 5.26 Å². The molecule has 0 amide bonds. The summed E-state index contributed by atoms with van der Waals surface area (Å²) in [7, 11) is 0. The van der Waals surface area contributed by atoms with Crippen LogP contribution in [-0.4, -0.2) is 18.9 Å². The summed E-state index contributed by atoms with van der Waals surface area (Å²) >= 11 is 3.85. The Kier molecular flexibility index (Phi) is 5.27. The van der Waals surface area contributed by atoms with Crippen molar-refractivity contribution < 1.29 is 27.4 Å². The molecular formula is C12H10F3NO3S. The van der Waals surface area contributed by atoms with Crippen LogP contribution in [0.25, 0.3) is 0 Å². The molecule has 1 aromatic rings. The molecule has 108 valence electrons. The quantitative estimate of drug-likeness (QED) is 0.686. The highest BCUT2D eigenvalue weighted by molar-refractivity contribution is 7.80. The van der Waals surface area contributed by atoms with Crippen LogP contribution in [0.3, 0.4) is 0 Å². The smallest absolute Gasteiger partial charge is 0.466 e. The summed E-state index contributed by atoms with van der Waals surface area (Å²) in [6, 6.07) is 4.16. The summed E-state index contributed by atoms with van der Waals surface area (Å²) < 4.78 is 45.6. The molecule has 1 rings (SSSR count). The van der Waals surface area contributed by atoms with Gasteiger partial charge in [-0.1, -0.05) is 6.07 Å². The van der Waals surface area contributed by atoms with Gasteiger partial charge in [-0.25, -0.2) is 0 Å². The Labute approximate surface area is 118 Å². The average molecular weight is 305 g/mol. The van der Waals surface area contributed by atoms with E-state index in [0.717, 1.165) is 0 Å². The maximum atomic E-state index is 12.4. The number of halogens is 3. The van der Waals surface area contributed by atoms with Gasteiger partial charge in [0.25, 0.3) is 0 Å². The number of nitrogens with zero attached hydrogens (tertiary/aromatic N) is 1. The summed E-state index contributed by atoms with van der Waals surface area (Å²) in [5.41, 5.74) is -0.134.